The Bertz CT molecular complexity index is 436. The largest absolute Gasteiger partial charge is 0.441 e. The first-order valence-corrected chi connectivity index (χ1v) is 4.88. The van der Waals surface area contributed by atoms with Crippen LogP contribution in [0.3, 0.4) is 0 Å². The molecular formula is C11H13N3O. The van der Waals surface area contributed by atoms with Gasteiger partial charge in [0, 0.05) is 18.8 Å². The molecule has 0 unspecified atom stereocenters. The Morgan fingerprint density at radius 1 is 1.47 bits per heavy atom. The Kier molecular flexibility index (Phi) is 2.78. The predicted molar refractivity (Wildman–Crippen MR) is 57.2 cm³/mol. The number of hydrogen-bond donors (Lipinski definition) is 1. The molecule has 0 saturated carbocycles. The molecule has 0 aromatic carbocycles. The van der Waals surface area contributed by atoms with Crippen LogP contribution in [0.4, 0.5) is 0 Å². The average molecular weight is 203 g/mol. The lowest BCUT2D eigenvalue weighted by Gasteiger charge is -1.91. The highest BCUT2D eigenvalue weighted by Gasteiger charge is 2.10. The maximum atomic E-state index is 5.55. The Hall–Kier alpha value is -1.68. The fraction of sp³-hybridized carbons (Fsp3) is 0.273. The summed E-state index contributed by atoms with van der Waals surface area (Å²) in [5.41, 5.74) is 7.30. The maximum Gasteiger partial charge on any atom is 0.228 e. The lowest BCUT2D eigenvalue weighted by molar-refractivity contribution is 0.539. The van der Waals surface area contributed by atoms with E-state index in [1.165, 1.54) is 0 Å². The third-order valence-corrected chi connectivity index (χ3v) is 2.18. The van der Waals surface area contributed by atoms with E-state index in [2.05, 4.69) is 9.97 Å². The molecule has 0 fully saturated rings. The first-order chi connectivity index (χ1) is 7.31. The molecule has 2 aromatic rings. The summed E-state index contributed by atoms with van der Waals surface area (Å²) in [4.78, 5) is 8.40. The minimum Gasteiger partial charge on any atom is -0.441 e. The van der Waals surface area contributed by atoms with Crippen molar-refractivity contribution in [1.29, 1.82) is 0 Å². The molecule has 15 heavy (non-hydrogen) atoms. The summed E-state index contributed by atoms with van der Waals surface area (Å²) in [5, 5.41) is 0. The van der Waals surface area contributed by atoms with Crippen molar-refractivity contribution in [2.45, 2.75) is 13.3 Å². The van der Waals surface area contributed by atoms with Gasteiger partial charge in [0.25, 0.3) is 0 Å². The second kappa shape index (κ2) is 4.23. The molecule has 2 aromatic heterocycles. The average Bonchev–Trinajstić information content (AvgIpc) is 2.63. The number of nitrogens with two attached hydrogens (primary N) is 1. The van der Waals surface area contributed by atoms with E-state index in [1.807, 2.05) is 19.1 Å². The van der Waals surface area contributed by atoms with Crippen molar-refractivity contribution in [2.24, 2.45) is 5.73 Å². The predicted octanol–water partition coefficient (Wildman–Crippen LogP) is 1.55. The SMILES string of the molecule is Cc1oc(-c2cccnc2)nc1CCN. The van der Waals surface area contributed by atoms with Crippen LogP contribution in [0.1, 0.15) is 11.5 Å². The van der Waals surface area contributed by atoms with Crippen molar-refractivity contribution < 1.29 is 4.42 Å². The number of hydrogen-bond acceptors (Lipinski definition) is 4. The van der Waals surface area contributed by atoms with Gasteiger partial charge < -0.3 is 10.2 Å². The van der Waals surface area contributed by atoms with Crippen LogP contribution in [0.5, 0.6) is 0 Å². The summed E-state index contributed by atoms with van der Waals surface area (Å²) in [7, 11) is 0. The van der Waals surface area contributed by atoms with E-state index < -0.39 is 0 Å². The fourth-order valence-corrected chi connectivity index (χ4v) is 1.41. The molecule has 0 atom stereocenters. The van der Waals surface area contributed by atoms with Crippen molar-refractivity contribution in [3.05, 3.63) is 36.0 Å². The number of pyridine rings is 1. The number of nitrogens with zero attached hydrogens (tertiary/aromatic N) is 2. The van der Waals surface area contributed by atoms with Gasteiger partial charge >= 0.3 is 0 Å². The van der Waals surface area contributed by atoms with E-state index in [9.17, 15) is 0 Å². The van der Waals surface area contributed by atoms with Crippen LogP contribution in [0.2, 0.25) is 0 Å². The van der Waals surface area contributed by atoms with Crippen molar-refractivity contribution in [1.82, 2.24) is 9.97 Å². The summed E-state index contributed by atoms with van der Waals surface area (Å²) in [5.74, 6) is 1.45. The van der Waals surface area contributed by atoms with Crippen molar-refractivity contribution in [3.8, 4) is 11.5 Å². The van der Waals surface area contributed by atoms with Crippen LogP contribution < -0.4 is 5.73 Å². The minimum absolute atomic E-state index is 0.583. The van der Waals surface area contributed by atoms with Crippen LogP contribution in [0, 0.1) is 6.92 Å². The molecule has 0 aliphatic heterocycles. The monoisotopic (exact) mass is 203 g/mol. The molecule has 0 aliphatic rings. The Labute approximate surface area is 88.2 Å². The molecule has 2 heterocycles. The van der Waals surface area contributed by atoms with Crippen LogP contribution in [-0.2, 0) is 6.42 Å². The van der Waals surface area contributed by atoms with E-state index in [0.29, 0.717) is 12.4 Å². The van der Waals surface area contributed by atoms with Gasteiger partial charge in [-0.25, -0.2) is 4.98 Å². The number of rotatable bonds is 3. The van der Waals surface area contributed by atoms with Gasteiger partial charge in [-0.15, -0.1) is 0 Å². The maximum absolute atomic E-state index is 5.55. The molecule has 0 spiro atoms. The minimum atomic E-state index is 0.583. The van der Waals surface area contributed by atoms with E-state index in [0.717, 1.165) is 23.4 Å². The molecule has 4 nitrogen and oxygen atoms in total. The fourth-order valence-electron chi connectivity index (χ4n) is 1.41. The highest BCUT2D eigenvalue weighted by Crippen LogP contribution is 2.20. The molecule has 0 saturated heterocycles. The molecule has 2 rings (SSSR count). The number of oxazole rings is 1. The second-order valence-corrected chi connectivity index (χ2v) is 3.30. The lowest BCUT2D eigenvalue weighted by atomic mass is 10.3. The van der Waals surface area contributed by atoms with Gasteiger partial charge in [-0.1, -0.05) is 0 Å². The smallest absolute Gasteiger partial charge is 0.228 e. The van der Waals surface area contributed by atoms with E-state index >= 15 is 0 Å². The van der Waals surface area contributed by atoms with Gasteiger partial charge in [0.15, 0.2) is 0 Å². The Morgan fingerprint density at radius 2 is 2.33 bits per heavy atom. The van der Waals surface area contributed by atoms with E-state index in [1.54, 1.807) is 12.4 Å². The molecular weight excluding hydrogens is 190 g/mol. The first kappa shape index (κ1) is 9.86. The zero-order chi connectivity index (χ0) is 10.7. The summed E-state index contributed by atoms with van der Waals surface area (Å²) >= 11 is 0. The van der Waals surface area contributed by atoms with Crippen LogP contribution in [-0.4, -0.2) is 16.5 Å². The zero-order valence-corrected chi connectivity index (χ0v) is 8.60. The van der Waals surface area contributed by atoms with E-state index in [4.69, 9.17) is 10.2 Å². The van der Waals surface area contributed by atoms with Crippen LogP contribution >= 0.6 is 0 Å². The first-order valence-electron chi connectivity index (χ1n) is 4.88. The summed E-state index contributed by atoms with van der Waals surface area (Å²) in [6, 6.07) is 3.78. The van der Waals surface area contributed by atoms with Gasteiger partial charge in [0.2, 0.25) is 5.89 Å². The molecule has 0 amide bonds. The molecule has 0 radical (unpaired) electrons. The summed E-state index contributed by atoms with van der Waals surface area (Å²) in [6.45, 7) is 2.48. The third-order valence-electron chi connectivity index (χ3n) is 2.18. The molecule has 4 heteroatoms. The van der Waals surface area contributed by atoms with Crippen molar-refractivity contribution >= 4 is 0 Å². The van der Waals surface area contributed by atoms with Gasteiger partial charge in [-0.2, -0.15) is 0 Å². The molecule has 78 valence electrons. The standard InChI is InChI=1S/C11H13N3O/c1-8-10(4-5-12)14-11(15-8)9-3-2-6-13-7-9/h2-3,6-7H,4-5,12H2,1H3. The van der Waals surface area contributed by atoms with Gasteiger partial charge in [-0.3, -0.25) is 4.98 Å². The summed E-state index contributed by atoms with van der Waals surface area (Å²) < 4.78 is 5.55. The zero-order valence-electron chi connectivity index (χ0n) is 8.60. The molecule has 2 N–H and O–H groups in total. The highest BCUT2D eigenvalue weighted by atomic mass is 16.4. The van der Waals surface area contributed by atoms with Crippen LogP contribution in [0.25, 0.3) is 11.5 Å². The van der Waals surface area contributed by atoms with Gasteiger partial charge in [-0.05, 0) is 25.6 Å². The quantitative estimate of drug-likeness (QED) is 0.821. The molecule has 0 aliphatic carbocycles. The van der Waals surface area contributed by atoms with Gasteiger partial charge in [0.05, 0.1) is 11.3 Å². The topological polar surface area (TPSA) is 64.9 Å². The van der Waals surface area contributed by atoms with E-state index in [-0.39, 0.29) is 0 Å². The lowest BCUT2D eigenvalue weighted by Crippen LogP contribution is -2.03. The number of aromatic nitrogens is 2. The number of aryl methyl sites for hydroxylation is 1. The normalized spacial score (nSPS) is 10.5. The third kappa shape index (κ3) is 2.05. The second-order valence-electron chi connectivity index (χ2n) is 3.30. The van der Waals surface area contributed by atoms with Crippen molar-refractivity contribution in [3.63, 3.8) is 0 Å². The molecule has 0 bridgehead atoms. The highest BCUT2D eigenvalue weighted by molar-refractivity contribution is 5.51. The summed E-state index contributed by atoms with van der Waals surface area (Å²) in [6.07, 6.45) is 4.20. The van der Waals surface area contributed by atoms with Crippen molar-refractivity contribution in [2.75, 3.05) is 6.54 Å². The van der Waals surface area contributed by atoms with Crippen LogP contribution in [0.15, 0.2) is 28.9 Å². The Balaban J connectivity index is 2.34. The Morgan fingerprint density at radius 3 is 3.00 bits per heavy atom. The van der Waals surface area contributed by atoms with Gasteiger partial charge in [0.1, 0.15) is 5.76 Å².